The normalized spacial score (nSPS) is 10.6. The Kier molecular flexibility index (Phi) is 2.20. The molecule has 0 aliphatic carbocycles. The van der Waals surface area contributed by atoms with Gasteiger partial charge in [0.15, 0.2) is 0 Å². The first kappa shape index (κ1) is 9.48. The fourth-order valence-electron chi connectivity index (χ4n) is 1.31. The van der Waals surface area contributed by atoms with Gasteiger partial charge < -0.3 is 10.2 Å². The number of aromatic hydroxyl groups is 1. The fraction of sp³-hybridized carbons (Fsp3) is 0. The summed E-state index contributed by atoms with van der Waals surface area (Å²) < 4.78 is 0.999. The third-order valence-electron chi connectivity index (χ3n) is 1.88. The van der Waals surface area contributed by atoms with Gasteiger partial charge in [0, 0.05) is 9.86 Å². The lowest BCUT2D eigenvalue weighted by Crippen LogP contribution is -1.97. The summed E-state index contributed by atoms with van der Waals surface area (Å²) in [6, 6.07) is 3.09. The number of hydrogen-bond donors (Lipinski definition) is 2. The Balaban J connectivity index is 2.93. The lowest BCUT2D eigenvalue weighted by molar-refractivity contribution is 0.0698. The Bertz CT molecular complexity index is 518. The highest BCUT2D eigenvalue weighted by Crippen LogP contribution is 2.36. The van der Waals surface area contributed by atoms with Crippen LogP contribution in [0.1, 0.15) is 10.4 Å². The minimum Gasteiger partial charge on any atom is -0.506 e. The molecule has 0 amide bonds. The smallest absolute Gasteiger partial charge is 0.337 e. The van der Waals surface area contributed by atoms with Gasteiger partial charge in [0.2, 0.25) is 0 Å². The zero-order valence-corrected chi connectivity index (χ0v) is 9.22. The Labute approximate surface area is 91.7 Å². The molecule has 2 aromatic rings. The van der Waals surface area contributed by atoms with Crippen LogP contribution >= 0.6 is 27.3 Å². The largest absolute Gasteiger partial charge is 0.506 e. The summed E-state index contributed by atoms with van der Waals surface area (Å²) in [6.07, 6.45) is 0. The summed E-state index contributed by atoms with van der Waals surface area (Å²) in [5.74, 6) is -0.896. The molecular weight excluding hydrogens is 268 g/mol. The lowest BCUT2D eigenvalue weighted by Gasteiger charge is -2.02. The summed E-state index contributed by atoms with van der Waals surface area (Å²) in [5.41, 5.74) is 0.194. The van der Waals surface area contributed by atoms with Crippen LogP contribution in [-0.4, -0.2) is 16.2 Å². The third kappa shape index (κ3) is 1.29. The van der Waals surface area contributed by atoms with Crippen molar-refractivity contribution >= 4 is 43.3 Å². The Morgan fingerprint density at radius 1 is 1.50 bits per heavy atom. The molecule has 1 aromatic heterocycles. The summed E-state index contributed by atoms with van der Waals surface area (Å²) in [4.78, 5) is 10.9. The number of benzene rings is 1. The van der Waals surface area contributed by atoms with Crippen LogP contribution in [0.25, 0.3) is 10.1 Å². The molecule has 0 radical (unpaired) electrons. The maximum Gasteiger partial charge on any atom is 0.337 e. The number of phenolic OH excluding ortho intramolecular Hbond substituents is 1. The van der Waals surface area contributed by atoms with Gasteiger partial charge in [-0.1, -0.05) is 0 Å². The van der Waals surface area contributed by atoms with Crippen molar-refractivity contribution in [3.63, 3.8) is 0 Å². The number of carboxylic acids is 1. The van der Waals surface area contributed by atoms with Gasteiger partial charge >= 0.3 is 5.97 Å². The molecule has 3 nitrogen and oxygen atoms in total. The van der Waals surface area contributed by atoms with E-state index in [0.29, 0.717) is 14.6 Å². The number of phenols is 1. The van der Waals surface area contributed by atoms with Gasteiger partial charge in [-0.15, -0.1) is 11.3 Å². The van der Waals surface area contributed by atoms with Crippen molar-refractivity contribution in [2.24, 2.45) is 0 Å². The van der Waals surface area contributed by atoms with Crippen molar-refractivity contribution in [2.45, 2.75) is 0 Å². The van der Waals surface area contributed by atoms with Crippen LogP contribution in [0.2, 0.25) is 0 Å². The fourth-order valence-corrected chi connectivity index (χ4v) is 2.73. The molecular formula is C9H5BrO3S. The van der Waals surface area contributed by atoms with Crippen LogP contribution in [0.15, 0.2) is 22.0 Å². The third-order valence-corrected chi connectivity index (χ3v) is 3.45. The highest BCUT2D eigenvalue weighted by molar-refractivity contribution is 9.10. The number of aromatic carboxylic acids is 1. The first-order valence-electron chi connectivity index (χ1n) is 3.73. The van der Waals surface area contributed by atoms with Gasteiger partial charge in [0.1, 0.15) is 5.75 Å². The van der Waals surface area contributed by atoms with Crippen molar-refractivity contribution in [1.29, 1.82) is 0 Å². The van der Waals surface area contributed by atoms with E-state index in [4.69, 9.17) is 5.11 Å². The van der Waals surface area contributed by atoms with E-state index >= 15 is 0 Å². The van der Waals surface area contributed by atoms with Gasteiger partial charge in [0.25, 0.3) is 0 Å². The molecule has 0 aliphatic rings. The SMILES string of the molecule is O=C(O)c1c(Br)cc(O)c2sccc12. The summed E-state index contributed by atoms with van der Waals surface area (Å²) in [7, 11) is 0. The minimum atomic E-state index is -1.000. The molecule has 0 fully saturated rings. The topological polar surface area (TPSA) is 57.5 Å². The second kappa shape index (κ2) is 3.25. The number of rotatable bonds is 1. The number of fused-ring (bicyclic) bond motifs is 1. The van der Waals surface area contributed by atoms with Crippen LogP contribution in [0.4, 0.5) is 0 Å². The maximum absolute atomic E-state index is 10.9. The number of hydrogen-bond acceptors (Lipinski definition) is 3. The van der Waals surface area contributed by atoms with Crippen molar-refractivity contribution in [2.75, 3.05) is 0 Å². The van der Waals surface area contributed by atoms with Crippen molar-refractivity contribution in [1.82, 2.24) is 0 Å². The van der Waals surface area contributed by atoms with Gasteiger partial charge in [-0.25, -0.2) is 4.79 Å². The van der Waals surface area contributed by atoms with Gasteiger partial charge in [-0.3, -0.25) is 0 Å². The molecule has 1 aromatic carbocycles. The molecule has 0 aliphatic heterocycles. The molecule has 14 heavy (non-hydrogen) atoms. The quantitative estimate of drug-likeness (QED) is 0.839. The van der Waals surface area contributed by atoms with Crippen molar-refractivity contribution < 1.29 is 15.0 Å². The Hall–Kier alpha value is -1.07. The molecule has 0 bridgehead atoms. The molecule has 2 rings (SSSR count). The zero-order chi connectivity index (χ0) is 10.3. The summed E-state index contributed by atoms with van der Waals surface area (Å²) >= 11 is 4.44. The van der Waals surface area contributed by atoms with Crippen LogP contribution < -0.4 is 0 Å². The predicted molar refractivity (Wildman–Crippen MR) is 58.1 cm³/mol. The molecule has 5 heteroatoms. The predicted octanol–water partition coefficient (Wildman–Crippen LogP) is 3.07. The number of carbonyl (C=O) groups is 1. The highest BCUT2D eigenvalue weighted by Gasteiger charge is 2.16. The Morgan fingerprint density at radius 2 is 2.21 bits per heavy atom. The lowest BCUT2D eigenvalue weighted by atomic mass is 10.1. The van der Waals surface area contributed by atoms with Crippen LogP contribution in [0, 0.1) is 0 Å². The highest BCUT2D eigenvalue weighted by atomic mass is 79.9. The minimum absolute atomic E-state index is 0.104. The zero-order valence-electron chi connectivity index (χ0n) is 6.82. The first-order chi connectivity index (χ1) is 6.61. The van der Waals surface area contributed by atoms with Crippen LogP contribution in [0.5, 0.6) is 5.75 Å². The van der Waals surface area contributed by atoms with Crippen LogP contribution in [0.3, 0.4) is 0 Å². The molecule has 0 atom stereocenters. The summed E-state index contributed by atoms with van der Waals surface area (Å²) in [6.45, 7) is 0. The average molecular weight is 273 g/mol. The molecule has 0 unspecified atom stereocenters. The van der Waals surface area contributed by atoms with Gasteiger partial charge in [-0.2, -0.15) is 0 Å². The van der Waals surface area contributed by atoms with E-state index in [2.05, 4.69) is 15.9 Å². The van der Waals surface area contributed by atoms with Crippen molar-refractivity contribution in [3.05, 3.63) is 27.5 Å². The molecule has 72 valence electrons. The molecule has 0 spiro atoms. The van der Waals surface area contributed by atoms with E-state index in [-0.39, 0.29) is 11.3 Å². The first-order valence-corrected chi connectivity index (χ1v) is 5.40. The number of halogens is 1. The summed E-state index contributed by atoms with van der Waals surface area (Å²) in [5, 5.41) is 20.8. The number of carboxylic acid groups (broad SMARTS) is 1. The molecule has 0 saturated carbocycles. The second-order valence-electron chi connectivity index (χ2n) is 2.72. The maximum atomic E-state index is 10.9. The molecule has 1 heterocycles. The number of thiophene rings is 1. The van der Waals surface area contributed by atoms with Gasteiger partial charge in [0.05, 0.1) is 10.3 Å². The monoisotopic (exact) mass is 272 g/mol. The Morgan fingerprint density at radius 3 is 2.86 bits per heavy atom. The standard InChI is InChI=1S/C9H5BrO3S/c10-5-3-6(11)8-4(1-2-14-8)7(5)9(12)13/h1-3,11H,(H,12,13). The van der Waals surface area contributed by atoms with Crippen molar-refractivity contribution in [3.8, 4) is 5.75 Å². The van der Waals surface area contributed by atoms with Crippen LogP contribution in [-0.2, 0) is 0 Å². The van der Waals surface area contributed by atoms with E-state index in [1.807, 2.05) is 0 Å². The molecule has 0 saturated heterocycles. The van der Waals surface area contributed by atoms with E-state index in [9.17, 15) is 9.90 Å². The van der Waals surface area contributed by atoms with E-state index < -0.39 is 5.97 Å². The van der Waals surface area contributed by atoms with Gasteiger partial charge in [-0.05, 0) is 33.4 Å². The van der Waals surface area contributed by atoms with E-state index in [1.54, 1.807) is 11.4 Å². The molecule has 2 N–H and O–H groups in total. The van der Waals surface area contributed by atoms with E-state index in [0.717, 1.165) is 0 Å². The second-order valence-corrected chi connectivity index (χ2v) is 4.49. The average Bonchev–Trinajstić information content (AvgIpc) is 2.51. The van der Waals surface area contributed by atoms with E-state index in [1.165, 1.54) is 17.4 Å².